The van der Waals surface area contributed by atoms with E-state index in [0.29, 0.717) is 17.9 Å². The fourth-order valence-electron chi connectivity index (χ4n) is 2.40. The lowest BCUT2D eigenvalue weighted by atomic mass is 9.98. The first kappa shape index (κ1) is 18.7. The monoisotopic (exact) mass is 352 g/mol. The van der Waals surface area contributed by atoms with E-state index in [1.807, 2.05) is 19.1 Å². The Balaban J connectivity index is 0.00000132. The molecule has 0 aliphatic carbocycles. The van der Waals surface area contributed by atoms with E-state index in [2.05, 4.69) is 21.0 Å². The van der Waals surface area contributed by atoms with Gasteiger partial charge in [0.2, 0.25) is 5.95 Å². The molecular weight excluding hydrogens is 335 g/mol. The van der Waals surface area contributed by atoms with E-state index in [-0.39, 0.29) is 30.8 Å². The van der Waals surface area contributed by atoms with E-state index in [9.17, 15) is 0 Å². The number of benzene rings is 1. The van der Waals surface area contributed by atoms with E-state index in [1.54, 1.807) is 12.4 Å². The van der Waals surface area contributed by atoms with Crippen molar-refractivity contribution >= 4 is 53.2 Å². The predicted molar refractivity (Wildman–Crippen MR) is 99.1 cm³/mol. The molecule has 1 aromatic carbocycles. The number of pyridine rings is 1. The van der Waals surface area contributed by atoms with Crippen LogP contribution in [0.4, 0.5) is 17.5 Å². The Labute approximate surface area is 146 Å². The Morgan fingerprint density at radius 3 is 2.48 bits per heavy atom. The molecule has 0 amide bonds. The number of rotatable bonds is 2. The van der Waals surface area contributed by atoms with Crippen molar-refractivity contribution in [2.24, 2.45) is 0 Å². The topological polar surface area (TPSA) is 117 Å². The number of hydrogen-bond donors (Lipinski definition) is 3. The number of hydrogen-bond acceptors (Lipinski definition) is 6. The molecule has 122 valence electrons. The van der Waals surface area contributed by atoms with Gasteiger partial charge in [0.15, 0.2) is 0 Å². The van der Waals surface area contributed by atoms with Gasteiger partial charge in [-0.15, -0.1) is 24.8 Å². The Kier molecular flexibility index (Phi) is 5.95. The third-order valence-electron chi connectivity index (χ3n) is 3.52. The summed E-state index contributed by atoms with van der Waals surface area (Å²) in [5.41, 5.74) is 22.0. The average molecular weight is 353 g/mol. The van der Waals surface area contributed by atoms with Crippen LogP contribution in [-0.4, -0.2) is 15.0 Å². The zero-order valence-corrected chi connectivity index (χ0v) is 14.1. The Bertz CT molecular complexity index is 838. The summed E-state index contributed by atoms with van der Waals surface area (Å²) >= 11 is 0. The van der Waals surface area contributed by atoms with E-state index >= 15 is 0 Å². The molecule has 0 fully saturated rings. The summed E-state index contributed by atoms with van der Waals surface area (Å²) in [6.45, 7) is 1.97. The first-order chi connectivity index (χ1) is 10.1. The number of nitrogens with zero attached hydrogens (tertiary/aromatic N) is 3. The van der Waals surface area contributed by atoms with Gasteiger partial charge in [-0.05, 0) is 24.1 Å². The highest BCUT2D eigenvalue weighted by atomic mass is 35.5. The first-order valence-corrected chi connectivity index (χ1v) is 6.56. The second-order valence-electron chi connectivity index (χ2n) is 4.98. The maximum Gasteiger partial charge on any atom is 0.221 e. The minimum atomic E-state index is 0. The summed E-state index contributed by atoms with van der Waals surface area (Å²) in [6, 6.07) is 5.94. The van der Waals surface area contributed by atoms with Gasteiger partial charge >= 0.3 is 0 Å². The van der Waals surface area contributed by atoms with Crippen molar-refractivity contribution in [3.8, 4) is 0 Å². The highest BCUT2D eigenvalue weighted by Crippen LogP contribution is 2.28. The van der Waals surface area contributed by atoms with Crippen LogP contribution >= 0.6 is 24.8 Å². The van der Waals surface area contributed by atoms with Gasteiger partial charge < -0.3 is 17.2 Å². The van der Waals surface area contributed by atoms with Gasteiger partial charge in [0.05, 0.1) is 11.2 Å². The molecule has 0 aliphatic rings. The first-order valence-electron chi connectivity index (χ1n) is 6.56. The molecule has 6 N–H and O–H groups in total. The Morgan fingerprint density at radius 1 is 1.04 bits per heavy atom. The molecule has 23 heavy (non-hydrogen) atoms. The lowest BCUT2D eigenvalue weighted by Crippen LogP contribution is -2.05. The molecule has 6 nitrogen and oxygen atoms in total. The van der Waals surface area contributed by atoms with Crippen LogP contribution in [0.1, 0.15) is 16.7 Å². The quantitative estimate of drug-likeness (QED) is 0.610. The number of halogens is 2. The van der Waals surface area contributed by atoms with Crippen LogP contribution < -0.4 is 17.2 Å². The van der Waals surface area contributed by atoms with Crippen LogP contribution in [0.2, 0.25) is 0 Å². The number of nitrogen functional groups attached to an aromatic ring is 3. The minimum absolute atomic E-state index is 0. The summed E-state index contributed by atoms with van der Waals surface area (Å²) in [5.74, 6) is 0.574. The van der Waals surface area contributed by atoms with Crippen molar-refractivity contribution in [2.75, 3.05) is 17.2 Å². The average Bonchev–Trinajstić information content (AvgIpc) is 2.47. The van der Waals surface area contributed by atoms with Crippen LogP contribution in [0.5, 0.6) is 0 Å². The van der Waals surface area contributed by atoms with Crippen molar-refractivity contribution in [1.29, 1.82) is 0 Å². The summed E-state index contributed by atoms with van der Waals surface area (Å²) < 4.78 is 0. The molecular formula is C15H18Cl2N6. The summed E-state index contributed by atoms with van der Waals surface area (Å²) in [4.78, 5) is 12.4. The normalized spacial score (nSPS) is 9.96. The van der Waals surface area contributed by atoms with Crippen LogP contribution in [0, 0.1) is 6.92 Å². The summed E-state index contributed by atoms with van der Waals surface area (Å²) in [5, 5.41) is 1.01. The van der Waals surface area contributed by atoms with Gasteiger partial charge in [-0.25, -0.2) is 4.98 Å². The molecule has 3 rings (SSSR count). The molecule has 0 bridgehead atoms. The predicted octanol–water partition coefficient (Wildman–Crippen LogP) is 2.51. The van der Waals surface area contributed by atoms with Crippen LogP contribution in [-0.2, 0) is 6.42 Å². The standard InChI is InChI=1S/C15H16N6.2ClH/c1-8-5-9(6-10-7-20-15(18)21-14(10)17)11-3-2-4-19-13(11)12(8)16;;/h2-5,7H,6,16H2,1H3,(H4,17,18,20,21);2*1H. The largest absolute Gasteiger partial charge is 0.397 e. The van der Waals surface area contributed by atoms with Gasteiger partial charge in [-0.1, -0.05) is 12.1 Å². The second kappa shape index (κ2) is 7.30. The zero-order valence-electron chi connectivity index (χ0n) is 12.5. The van der Waals surface area contributed by atoms with Crippen molar-refractivity contribution in [3.63, 3.8) is 0 Å². The Hall–Kier alpha value is -2.31. The lowest BCUT2D eigenvalue weighted by Gasteiger charge is -2.12. The zero-order chi connectivity index (χ0) is 15.0. The summed E-state index contributed by atoms with van der Waals surface area (Å²) in [7, 11) is 0. The fourth-order valence-corrected chi connectivity index (χ4v) is 2.40. The molecule has 0 saturated carbocycles. The van der Waals surface area contributed by atoms with E-state index in [0.717, 1.165) is 27.6 Å². The molecule has 0 saturated heterocycles. The van der Waals surface area contributed by atoms with Crippen LogP contribution in [0.15, 0.2) is 30.6 Å². The lowest BCUT2D eigenvalue weighted by molar-refractivity contribution is 1.10. The molecule has 0 spiro atoms. The van der Waals surface area contributed by atoms with Gasteiger partial charge in [-0.3, -0.25) is 4.98 Å². The molecule has 2 heterocycles. The maximum absolute atomic E-state index is 6.10. The van der Waals surface area contributed by atoms with Crippen LogP contribution in [0.3, 0.4) is 0 Å². The Morgan fingerprint density at radius 2 is 1.78 bits per heavy atom. The van der Waals surface area contributed by atoms with Crippen molar-refractivity contribution < 1.29 is 0 Å². The van der Waals surface area contributed by atoms with Crippen molar-refractivity contribution in [2.45, 2.75) is 13.3 Å². The molecule has 0 atom stereocenters. The van der Waals surface area contributed by atoms with E-state index < -0.39 is 0 Å². The van der Waals surface area contributed by atoms with Gasteiger partial charge in [-0.2, -0.15) is 4.98 Å². The number of fused-ring (bicyclic) bond motifs is 1. The van der Waals surface area contributed by atoms with Gasteiger partial charge in [0, 0.05) is 29.8 Å². The number of aromatic nitrogens is 3. The highest BCUT2D eigenvalue weighted by Gasteiger charge is 2.11. The molecule has 0 aliphatic heterocycles. The van der Waals surface area contributed by atoms with Crippen molar-refractivity contribution in [1.82, 2.24) is 15.0 Å². The van der Waals surface area contributed by atoms with Gasteiger partial charge in [0.25, 0.3) is 0 Å². The van der Waals surface area contributed by atoms with E-state index in [4.69, 9.17) is 17.2 Å². The summed E-state index contributed by atoms with van der Waals surface area (Å²) in [6.07, 6.45) is 4.00. The minimum Gasteiger partial charge on any atom is -0.397 e. The number of nitrogens with two attached hydrogens (primary N) is 3. The van der Waals surface area contributed by atoms with E-state index in [1.165, 1.54) is 0 Å². The fraction of sp³-hybridized carbons (Fsp3) is 0.133. The highest BCUT2D eigenvalue weighted by molar-refractivity contribution is 5.93. The maximum atomic E-state index is 6.10. The molecule has 2 aromatic heterocycles. The molecule has 0 unspecified atom stereocenters. The second-order valence-corrected chi connectivity index (χ2v) is 4.98. The van der Waals surface area contributed by atoms with Crippen molar-refractivity contribution in [3.05, 3.63) is 47.3 Å². The van der Waals surface area contributed by atoms with Gasteiger partial charge in [0.1, 0.15) is 5.82 Å². The number of aryl methyl sites for hydroxylation is 1. The third-order valence-corrected chi connectivity index (χ3v) is 3.52. The third kappa shape index (κ3) is 3.55. The molecule has 0 radical (unpaired) electrons. The molecule has 3 aromatic rings. The SMILES string of the molecule is Cc1cc(Cc2cnc(N)nc2N)c2cccnc2c1N.Cl.Cl. The number of anilines is 3. The molecule has 8 heteroatoms. The van der Waals surface area contributed by atoms with Crippen LogP contribution in [0.25, 0.3) is 10.9 Å². The smallest absolute Gasteiger partial charge is 0.221 e.